The van der Waals surface area contributed by atoms with E-state index in [2.05, 4.69) is 4.98 Å². The quantitative estimate of drug-likeness (QED) is 0.895. The molecule has 2 nitrogen and oxygen atoms in total. The molecular weight excluding hydrogens is 253 g/mol. The molecule has 0 spiro atoms. The molecule has 0 fully saturated rings. The molecule has 0 aliphatic rings. The Hall–Kier alpha value is -0.610. The summed E-state index contributed by atoms with van der Waals surface area (Å²) in [7, 11) is 0. The molecule has 5 heteroatoms. The third-order valence-electron chi connectivity index (χ3n) is 1.89. The molecule has 15 heavy (non-hydrogen) atoms. The third kappa shape index (κ3) is 2.49. The molecule has 78 valence electrons. The summed E-state index contributed by atoms with van der Waals surface area (Å²) < 4.78 is 0.561. The van der Waals surface area contributed by atoms with E-state index in [0.29, 0.717) is 19.9 Å². The van der Waals surface area contributed by atoms with E-state index in [1.165, 1.54) is 17.5 Å². The second-order valence-corrected chi connectivity index (χ2v) is 5.09. The van der Waals surface area contributed by atoms with Crippen molar-refractivity contribution in [2.24, 2.45) is 0 Å². The van der Waals surface area contributed by atoms with Crippen LogP contribution in [0.4, 0.5) is 0 Å². The van der Waals surface area contributed by atoms with Crippen molar-refractivity contribution in [3.63, 3.8) is 0 Å². The average molecular weight is 260 g/mol. The lowest BCUT2D eigenvalue weighted by atomic mass is 10.1. The predicted molar refractivity (Wildman–Crippen MR) is 62.6 cm³/mol. The zero-order valence-corrected chi connectivity index (χ0v) is 9.85. The first-order valence-electron chi connectivity index (χ1n) is 4.21. The molecule has 1 N–H and O–H groups in total. The summed E-state index contributed by atoms with van der Waals surface area (Å²) in [5, 5.41) is 11.1. The summed E-state index contributed by atoms with van der Waals surface area (Å²) >= 11 is 12.8. The van der Waals surface area contributed by atoms with Gasteiger partial charge < -0.3 is 5.11 Å². The molecule has 0 radical (unpaired) electrons. The Morgan fingerprint density at radius 2 is 2.13 bits per heavy atom. The molecule has 2 aromatic rings. The molecule has 1 atom stereocenters. The molecule has 1 aromatic heterocycles. The fraction of sp³-hybridized carbons (Fsp3) is 0.100. The van der Waals surface area contributed by atoms with E-state index in [-0.39, 0.29) is 0 Å². The van der Waals surface area contributed by atoms with Crippen LogP contribution < -0.4 is 0 Å². The number of hydrogen-bond donors (Lipinski definition) is 1. The number of aromatic nitrogens is 1. The number of aliphatic hydroxyl groups excluding tert-OH is 1. The summed E-state index contributed by atoms with van der Waals surface area (Å²) in [6.07, 6.45) is 0.760. The second kappa shape index (κ2) is 4.49. The van der Waals surface area contributed by atoms with Gasteiger partial charge in [0.1, 0.15) is 15.4 Å². The first-order chi connectivity index (χ1) is 7.16. The number of nitrogens with zero attached hydrogens (tertiary/aromatic N) is 1. The van der Waals surface area contributed by atoms with Gasteiger partial charge in [-0.1, -0.05) is 35.3 Å². The highest BCUT2D eigenvalue weighted by atomic mass is 35.5. The van der Waals surface area contributed by atoms with Crippen molar-refractivity contribution in [3.8, 4) is 0 Å². The molecule has 0 bridgehead atoms. The van der Waals surface area contributed by atoms with Crippen LogP contribution in [0.1, 0.15) is 16.7 Å². The first-order valence-corrected chi connectivity index (χ1v) is 5.79. The first kappa shape index (κ1) is 10.9. The van der Waals surface area contributed by atoms with Gasteiger partial charge in [0.2, 0.25) is 0 Å². The van der Waals surface area contributed by atoms with Gasteiger partial charge in [0.15, 0.2) is 0 Å². The van der Waals surface area contributed by atoms with Gasteiger partial charge in [0, 0.05) is 5.02 Å². The SMILES string of the molecule is OC(c1cccc(Cl)c1)c1ncc(Cl)s1. The van der Waals surface area contributed by atoms with Crippen LogP contribution in [0.25, 0.3) is 0 Å². The molecule has 0 saturated heterocycles. The van der Waals surface area contributed by atoms with Gasteiger partial charge in [0.05, 0.1) is 6.20 Å². The number of rotatable bonds is 2. The van der Waals surface area contributed by atoms with Crippen LogP contribution in [0.5, 0.6) is 0 Å². The van der Waals surface area contributed by atoms with E-state index in [1.807, 2.05) is 0 Å². The van der Waals surface area contributed by atoms with Gasteiger partial charge in [-0.05, 0) is 17.7 Å². The number of thiazole rings is 1. The zero-order chi connectivity index (χ0) is 10.8. The van der Waals surface area contributed by atoms with E-state index in [0.717, 1.165) is 0 Å². The van der Waals surface area contributed by atoms with Gasteiger partial charge in [-0.25, -0.2) is 4.98 Å². The molecule has 0 saturated carbocycles. The maximum absolute atomic E-state index is 9.96. The average Bonchev–Trinajstić information content (AvgIpc) is 2.64. The van der Waals surface area contributed by atoms with Crippen molar-refractivity contribution in [1.82, 2.24) is 4.98 Å². The maximum atomic E-state index is 9.96. The van der Waals surface area contributed by atoms with Crippen LogP contribution in [0, 0.1) is 0 Å². The molecule has 1 aromatic carbocycles. The van der Waals surface area contributed by atoms with Crippen molar-refractivity contribution >= 4 is 34.5 Å². The van der Waals surface area contributed by atoms with Crippen LogP contribution in [0.2, 0.25) is 9.36 Å². The number of aliphatic hydroxyl groups is 1. The van der Waals surface area contributed by atoms with Crippen molar-refractivity contribution in [2.75, 3.05) is 0 Å². The monoisotopic (exact) mass is 259 g/mol. The van der Waals surface area contributed by atoms with Gasteiger partial charge in [-0.15, -0.1) is 11.3 Å². The van der Waals surface area contributed by atoms with Gasteiger partial charge in [0.25, 0.3) is 0 Å². The highest BCUT2D eigenvalue weighted by molar-refractivity contribution is 7.15. The van der Waals surface area contributed by atoms with Crippen LogP contribution >= 0.6 is 34.5 Å². The lowest BCUT2D eigenvalue weighted by molar-refractivity contribution is 0.220. The summed E-state index contributed by atoms with van der Waals surface area (Å²) in [5.74, 6) is 0. The van der Waals surface area contributed by atoms with Crippen molar-refractivity contribution < 1.29 is 5.11 Å². The Balaban J connectivity index is 2.32. The summed E-state index contributed by atoms with van der Waals surface area (Å²) in [4.78, 5) is 4.02. The molecule has 2 rings (SSSR count). The van der Waals surface area contributed by atoms with Crippen molar-refractivity contribution in [1.29, 1.82) is 0 Å². The Morgan fingerprint density at radius 1 is 1.33 bits per heavy atom. The zero-order valence-electron chi connectivity index (χ0n) is 7.52. The number of halogens is 2. The minimum atomic E-state index is -0.763. The molecule has 1 unspecified atom stereocenters. The largest absolute Gasteiger partial charge is 0.381 e. The summed E-state index contributed by atoms with van der Waals surface area (Å²) in [5.41, 5.74) is 0.716. The Morgan fingerprint density at radius 3 is 2.73 bits per heavy atom. The minimum absolute atomic E-state index is 0.561. The summed E-state index contributed by atoms with van der Waals surface area (Å²) in [6, 6.07) is 7.05. The smallest absolute Gasteiger partial charge is 0.131 e. The predicted octanol–water partition coefficient (Wildman–Crippen LogP) is 3.53. The van der Waals surface area contributed by atoms with E-state index < -0.39 is 6.10 Å². The second-order valence-electron chi connectivity index (χ2n) is 2.96. The molecular formula is C10H7Cl2NOS. The van der Waals surface area contributed by atoms with E-state index in [1.54, 1.807) is 24.3 Å². The standard InChI is InChI=1S/C10H7Cl2NOS/c11-7-3-1-2-6(4-7)9(14)10-13-5-8(12)15-10/h1-5,9,14H. The van der Waals surface area contributed by atoms with Crippen LogP contribution in [-0.4, -0.2) is 10.1 Å². The normalized spacial score (nSPS) is 12.7. The molecule has 0 aliphatic heterocycles. The minimum Gasteiger partial charge on any atom is -0.381 e. The van der Waals surface area contributed by atoms with Gasteiger partial charge >= 0.3 is 0 Å². The molecule has 0 amide bonds. The highest BCUT2D eigenvalue weighted by Gasteiger charge is 2.14. The fourth-order valence-electron chi connectivity index (χ4n) is 1.21. The Labute approximate surface area is 101 Å². The summed E-state index contributed by atoms with van der Waals surface area (Å²) in [6.45, 7) is 0. The van der Waals surface area contributed by atoms with E-state index >= 15 is 0 Å². The van der Waals surface area contributed by atoms with Crippen LogP contribution in [-0.2, 0) is 0 Å². The van der Waals surface area contributed by atoms with E-state index in [9.17, 15) is 5.11 Å². The van der Waals surface area contributed by atoms with Crippen molar-refractivity contribution in [3.05, 3.63) is 50.4 Å². The topological polar surface area (TPSA) is 33.1 Å². The third-order valence-corrected chi connectivity index (χ3v) is 3.30. The Bertz CT molecular complexity index is 472. The molecule has 1 heterocycles. The maximum Gasteiger partial charge on any atom is 0.131 e. The van der Waals surface area contributed by atoms with Crippen LogP contribution in [0.3, 0.4) is 0 Å². The highest BCUT2D eigenvalue weighted by Crippen LogP contribution is 2.29. The van der Waals surface area contributed by atoms with E-state index in [4.69, 9.17) is 23.2 Å². The lowest BCUT2D eigenvalue weighted by Gasteiger charge is -2.07. The van der Waals surface area contributed by atoms with Crippen molar-refractivity contribution in [2.45, 2.75) is 6.10 Å². The van der Waals surface area contributed by atoms with Gasteiger partial charge in [-0.3, -0.25) is 0 Å². The lowest BCUT2D eigenvalue weighted by Crippen LogP contribution is -1.98. The number of benzene rings is 1. The van der Waals surface area contributed by atoms with Gasteiger partial charge in [-0.2, -0.15) is 0 Å². The number of hydrogen-bond acceptors (Lipinski definition) is 3. The molecule has 0 aliphatic carbocycles. The Kier molecular flexibility index (Phi) is 3.26. The van der Waals surface area contributed by atoms with Crippen LogP contribution in [0.15, 0.2) is 30.5 Å². The fourth-order valence-corrected chi connectivity index (χ4v) is 2.36.